The fraction of sp³-hybridized carbons (Fsp3) is 0.312. The van der Waals surface area contributed by atoms with E-state index in [0.717, 1.165) is 0 Å². The highest BCUT2D eigenvalue weighted by molar-refractivity contribution is 5.82. The Labute approximate surface area is 138 Å². The van der Waals surface area contributed by atoms with Gasteiger partial charge in [0.05, 0.1) is 6.04 Å². The molecule has 24 heavy (non-hydrogen) atoms. The summed E-state index contributed by atoms with van der Waals surface area (Å²) in [4.78, 5) is 16.4. The Hall–Kier alpha value is -2.87. The molecule has 0 saturated heterocycles. The number of aromatic nitrogens is 3. The normalized spacial score (nSPS) is 19.6. The minimum absolute atomic E-state index is 0.0455. The van der Waals surface area contributed by atoms with Gasteiger partial charge in [-0.2, -0.15) is 10.1 Å². The molecule has 8 nitrogen and oxygen atoms in total. The Morgan fingerprint density at radius 3 is 2.92 bits per heavy atom. The minimum Gasteiger partial charge on any atom is -0.508 e. The van der Waals surface area contributed by atoms with E-state index >= 15 is 0 Å². The summed E-state index contributed by atoms with van der Waals surface area (Å²) in [7, 11) is 0. The lowest BCUT2D eigenvalue weighted by atomic mass is 9.88. The van der Waals surface area contributed by atoms with Gasteiger partial charge in [-0.3, -0.25) is 4.79 Å². The molecule has 2 heterocycles. The molecular weight excluding hydrogens is 310 g/mol. The minimum atomic E-state index is -0.730. The van der Waals surface area contributed by atoms with E-state index in [9.17, 15) is 9.90 Å². The number of primary amides is 1. The molecule has 1 amide bonds. The molecule has 2 atom stereocenters. The van der Waals surface area contributed by atoms with Crippen LogP contribution in [0.2, 0.25) is 0 Å². The van der Waals surface area contributed by atoms with E-state index in [2.05, 4.69) is 22.0 Å². The number of fused-ring (bicyclic) bond motifs is 1. The second-order valence-corrected chi connectivity index (χ2v) is 5.69. The Balaban J connectivity index is 2.09. The molecule has 126 valence electrons. The maximum absolute atomic E-state index is 12.0. The summed E-state index contributed by atoms with van der Waals surface area (Å²) in [6.07, 6.45) is 1.05. The number of aromatic hydroxyl groups is 1. The van der Waals surface area contributed by atoms with Crippen molar-refractivity contribution in [3.8, 4) is 5.75 Å². The van der Waals surface area contributed by atoms with Crippen LogP contribution in [-0.2, 0) is 11.2 Å². The molecule has 8 heteroatoms. The number of nitrogens with zero attached hydrogens (tertiary/aromatic N) is 3. The number of phenols is 1. The Morgan fingerprint density at radius 2 is 2.25 bits per heavy atom. The number of hydrogen-bond donors (Lipinski definition) is 4. The molecule has 2 aromatic rings. The van der Waals surface area contributed by atoms with Crippen LogP contribution in [0.1, 0.15) is 23.9 Å². The highest BCUT2D eigenvalue weighted by Gasteiger charge is 2.39. The molecule has 0 bridgehead atoms. The second kappa shape index (κ2) is 6.32. The monoisotopic (exact) mass is 329 g/mol. The molecule has 1 aromatic heterocycles. The average molecular weight is 329 g/mol. The lowest BCUT2D eigenvalue weighted by Gasteiger charge is -2.32. The molecule has 1 aliphatic rings. The van der Waals surface area contributed by atoms with E-state index in [-0.39, 0.29) is 12.4 Å². The standard InChI is InChI=1S/C16H19N5O3/c1-9-13(15(17)24)14(10-4-2-5-11(23)8-10)21-16(18-9)19-12(20-21)6-3-7-22/h2,4-5,8,13-14,22-23H,1,3,6-7H2,(H2,17,24)(H,18,19,20)/t13-,14+/m1/s1. The summed E-state index contributed by atoms with van der Waals surface area (Å²) in [5.74, 6) is -0.180. The maximum atomic E-state index is 12.0. The smallest absolute Gasteiger partial charge is 0.229 e. The third-order valence-electron chi connectivity index (χ3n) is 3.98. The van der Waals surface area contributed by atoms with Gasteiger partial charge in [-0.1, -0.05) is 18.7 Å². The first-order chi connectivity index (χ1) is 11.5. The third-order valence-corrected chi connectivity index (χ3v) is 3.98. The van der Waals surface area contributed by atoms with Crippen molar-refractivity contribution >= 4 is 11.9 Å². The number of aliphatic hydroxyl groups excluding tert-OH is 1. The lowest BCUT2D eigenvalue weighted by Crippen LogP contribution is -2.40. The van der Waals surface area contributed by atoms with E-state index in [1.54, 1.807) is 28.9 Å². The van der Waals surface area contributed by atoms with E-state index in [4.69, 9.17) is 10.8 Å². The first-order valence-electron chi connectivity index (χ1n) is 7.61. The van der Waals surface area contributed by atoms with Crippen LogP contribution in [-0.4, -0.2) is 37.5 Å². The topological polar surface area (TPSA) is 126 Å². The summed E-state index contributed by atoms with van der Waals surface area (Å²) in [5, 5.41) is 26.2. The largest absolute Gasteiger partial charge is 0.508 e. The van der Waals surface area contributed by atoms with Crippen molar-refractivity contribution in [3.63, 3.8) is 0 Å². The van der Waals surface area contributed by atoms with Gasteiger partial charge in [0, 0.05) is 18.7 Å². The zero-order valence-electron chi connectivity index (χ0n) is 13.0. The number of nitrogens with one attached hydrogen (secondary N) is 1. The molecule has 3 rings (SSSR count). The van der Waals surface area contributed by atoms with E-state index in [0.29, 0.717) is 35.9 Å². The molecule has 5 N–H and O–H groups in total. The molecule has 0 fully saturated rings. The number of phenolic OH excluding ortho intramolecular Hbond substituents is 1. The SMILES string of the molecule is C=C1Nc2nc(CCCO)nn2[C@@H](c2cccc(O)c2)[C@@H]1C(N)=O. The number of carbonyl (C=O) groups is 1. The predicted molar refractivity (Wildman–Crippen MR) is 87.1 cm³/mol. The molecule has 0 aliphatic carbocycles. The summed E-state index contributed by atoms with van der Waals surface area (Å²) in [6.45, 7) is 3.94. The van der Waals surface area contributed by atoms with Gasteiger partial charge >= 0.3 is 0 Å². The number of carbonyl (C=O) groups excluding carboxylic acids is 1. The second-order valence-electron chi connectivity index (χ2n) is 5.69. The van der Waals surface area contributed by atoms with E-state index < -0.39 is 17.9 Å². The van der Waals surface area contributed by atoms with Crippen molar-refractivity contribution in [1.29, 1.82) is 0 Å². The number of nitrogens with two attached hydrogens (primary N) is 1. The fourth-order valence-electron chi connectivity index (χ4n) is 2.91. The van der Waals surface area contributed by atoms with Gasteiger partial charge < -0.3 is 21.3 Å². The fourth-order valence-corrected chi connectivity index (χ4v) is 2.91. The van der Waals surface area contributed by atoms with Gasteiger partial charge in [-0.15, -0.1) is 0 Å². The highest BCUT2D eigenvalue weighted by Crippen LogP contribution is 2.38. The van der Waals surface area contributed by atoms with Crippen molar-refractivity contribution in [2.24, 2.45) is 11.7 Å². The van der Waals surface area contributed by atoms with Gasteiger partial charge in [0.25, 0.3) is 0 Å². The number of anilines is 1. The third kappa shape index (κ3) is 2.83. The number of hydrogen-bond acceptors (Lipinski definition) is 6. The summed E-state index contributed by atoms with van der Waals surface area (Å²) < 4.78 is 1.59. The van der Waals surface area contributed by atoms with Crippen LogP contribution in [0.3, 0.4) is 0 Å². The van der Waals surface area contributed by atoms with Crippen LogP contribution < -0.4 is 11.1 Å². The van der Waals surface area contributed by atoms with Crippen LogP contribution in [0.5, 0.6) is 5.75 Å². The van der Waals surface area contributed by atoms with Crippen LogP contribution in [0.15, 0.2) is 36.5 Å². The molecule has 0 saturated carbocycles. The van der Waals surface area contributed by atoms with E-state index in [1.807, 2.05) is 0 Å². The van der Waals surface area contributed by atoms with Gasteiger partial charge in [0.2, 0.25) is 11.9 Å². The number of rotatable bonds is 5. The van der Waals surface area contributed by atoms with Crippen molar-refractivity contribution in [2.75, 3.05) is 11.9 Å². The van der Waals surface area contributed by atoms with Crippen molar-refractivity contribution in [1.82, 2.24) is 14.8 Å². The zero-order valence-corrected chi connectivity index (χ0v) is 13.0. The number of aryl methyl sites for hydroxylation is 1. The first-order valence-corrected chi connectivity index (χ1v) is 7.61. The van der Waals surface area contributed by atoms with Gasteiger partial charge in [-0.05, 0) is 24.1 Å². The van der Waals surface area contributed by atoms with Crippen molar-refractivity contribution in [3.05, 3.63) is 47.9 Å². The van der Waals surface area contributed by atoms with Gasteiger partial charge in [0.15, 0.2) is 5.82 Å². The average Bonchev–Trinajstić information content (AvgIpc) is 2.93. The van der Waals surface area contributed by atoms with Crippen LogP contribution in [0.4, 0.5) is 5.95 Å². The Morgan fingerprint density at radius 1 is 1.46 bits per heavy atom. The predicted octanol–water partition coefficient (Wildman–Crippen LogP) is 0.539. The number of aliphatic hydroxyl groups is 1. The first kappa shape index (κ1) is 16.0. The lowest BCUT2D eigenvalue weighted by molar-refractivity contribution is -0.121. The Kier molecular flexibility index (Phi) is 4.22. The molecule has 1 aromatic carbocycles. The summed E-state index contributed by atoms with van der Waals surface area (Å²) in [5.41, 5.74) is 6.69. The molecular formula is C16H19N5O3. The van der Waals surface area contributed by atoms with Gasteiger partial charge in [-0.25, -0.2) is 4.68 Å². The quantitative estimate of drug-likeness (QED) is 0.634. The van der Waals surface area contributed by atoms with Crippen LogP contribution >= 0.6 is 0 Å². The maximum Gasteiger partial charge on any atom is 0.229 e. The summed E-state index contributed by atoms with van der Waals surface area (Å²) >= 11 is 0. The molecule has 0 spiro atoms. The number of amides is 1. The molecule has 0 unspecified atom stereocenters. The van der Waals surface area contributed by atoms with Crippen LogP contribution in [0, 0.1) is 5.92 Å². The van der Waals surface area contributed by atoms with Gasteiger partial charge in [0.1, 0.15) is 11.7 Å². The van der Waals surface area contributed by atoms with Crippen molar-refractivity contribution < 1.29 is 15.0 Å². The van der Waals surface area contributed by atoms with Crippen molar-refractivity contribution in [2.45, 2.75) is 18.9 Å². The summed E-state index contributed by atoms with van der Waals surface area (Å²) in [6, 6.07) is 6.05. The molecule has 0 radical (unpaired) electrons. The number of benzene rings is 1. The van der Waals surface area contributed by atoms with Crippen LogP contribution in [0.25, 0.3) is 0 Å². The Bertz CT molecular complexity index is 786. The van der Waals surface area contributed by atoms with E-state index in [1.165, 1.54) is 0 Å². The molecule has 1 aliphatic heterocycles. The highest BCUT2D eigenvalue weighted by atomic mass is 16.3. The zero-order chi connectivity index (χ0) is 17.3.